The Bertz CT molecular complexity index is 657. The number of benzene rings is 1. The highest BCUT2D eigenvalue weighted by Crippen LogP contribution is 2.34. The Labute approximate surface area is 134 Å². The van der Waals surface area contributed by atoms with Gasteiger partial charge in [-0.1, -0.05) is 35.3 Å². The summed E-state index contributed by atoms with van der Waals surface area (Å²) in [7, 11) is 0. The first-order valence-electron chi connectivity index (χ1n) is 6.01. The smallest absolute Gasteiger partial charge is 0.337 e. The van der Waals surface area contributed by atoms with Crippen LogP contribution in [0.25, 0.3) is 0 Å². The summed E-state index contributed by atoms with van der Waals surface area (Å²) in [6.07, 6.45) is -4.44. The fourth-order valence-electron chi connectivity index (χ4n) is 1.84. The molecule has 0 saturated heterocycles. The van der Waals surface area contributed by atoms with Gasteiger partial charge >= 0.3 is 6.18 Å². The second kappa shape index (κ2) is 5.88. The second-order valence-corrected chi connectivity index (χ2v) is 5.42. The predicted molar refractivity (Wildman–Crippen MR) is 74.0 cm³/mol. The van der Waals surface area contributed by atoms with Crippen molar-refractivity contribution >= 4 is 23.2 Å². The van der Waals surface area contributed by atoms with Gasteiger partial charge in [0.05, 0.1) is 5.56 Å². The molecule has 0 aromatic heterocycles. The maximum Gasteiger partial charge on any atom is 0.416 e. The van der Waals surface area contributed by atoms with Crippen LogP contribution in [0.2, 0.25) is 0 Å². The number of hydrogen-bond donors (Lipinski definition) is 1. The zero-order valence-electron chi connectivity index (χ0n) is 11.2. The Hall–Kier alpha value is -1.62. The molecule has 1 aromatic carbocycles. The number of halogens is 5. The van der Waals surface area contributed by atoms with Gasteiger partial charge in [-0.25, -0.2) is 0 Å². The van der Waals surface area contributed by atoms with E-state index in [1.807, 2.05) is 6.07 Å². The Kier molecular flexibility index (Phi) is 4.47. The second-order valence-electron chi connectivity index (χ2n) is 4.68. The molecule has 2 rings (SSSR count). The summed E-state index contributed by atoms with van der Waals surface area (Å²) in [5.41, 5.74) is -1.84. The summed E-state index contributed by atoms with van der Waals surface area (Å²) in [4.78, 5) is 5.35. The average Bonchev–Trinajstić information content (AvgIpc) is 2.67. The predicted octanol–water partition coefficient (Wildman–Crippen LogP) is 3.89. The minimum atomic E-state index is -4.44. The Morgan fingerprint density at radius 1 is 1.41 bits per heavy atom. The van der Waals surface area contributed by atoms with Gasteiger partial charge in [-0.3, -0.25) is 4.84 Å². The molecule has 118 valence electrons. The summed E-state index contributed by atoms with van der Waals surface area (Å²) in [6, 6.07) is 6.60. The zero-order valence-corrected chi connectivity index (χ0v) is 12.7. The van der Waals surface area contributed by atoms with Gasteiger partial charge in [0.15, 0.2) is 5.16 Å². The fourth-order valence-corrected chi connectivity index (χ4v) is 2.36. The highest BCUT2D eigenvalue weighted by molar-refractivity contribution is 6.39. The molecular formula is C13H10Cl2F3N3O. The molecule has 4 nitrogen and oxygen atoms in total. The van der Waals surface area contributed by atoms with E-state index < -0.39 is 17.4 Å². The van der Waals surface area contributed by atoms with Crippen molar-refractivity contribution in [3.8, 4) is 6.07 Å². The molecule has 0 spiro atoms. The third-order valence-corrected chi connectivity index (χ3v) is 3.66. The van der Waals surface area contributed by atoms with E-state index in [-0.39, 0.29) is 22.5 Å². The van der Waals surface area contributed by atoms with Crippen LogP contribution in [0.5, 0.6) is 0 Å². The van der Waals surface area contributed by atoms with Gasteiger partial charge in [-0.05, 0) is 24.6 Å². The Morgan fingerprint density at radius 3 is 2.68 bits per heavy atom. The molecule has 0 amide bonds. The Balaban J connectivity index is 2.15. The van der Waals surface area contributed by atoms with Crippen molar-refractivity contribution in [3.05, 3.63) is 45.7 Å². The molecular weight excluding hydrogens is 342 g/mol. The summed E-state index contributed by atoms with van der Waals surface area (Å²) >= 11 is 11.7. The number of hydrogen-bond acceptors (Lipinski definition) is 4. The van der Waals surface area contributed by atoms with E-state index in [0.717, 1.165) is 17.2 Å². The number of nitrogens with zero attached hydrogens (tertiary/aromatic N) is 2. The van der Waals surface area contributed by atoms with Crippen molar-refractivity contribution in [2.24, 2.45) is 0 Å². The summed E-state index contributed by atoms with van der Waals surface area (Å²) in [5, 5.41) is 12.8. The molecule has 0 saturated carbocycles. The first kappa shape index (κ1) is 16.7. The van der Waals surface area contributed by atoms with Crippen molar-refractivity contribution in [2.75, 3.05) is 0 Å². The number of hydroxylamine groups is 2. The lowest BCUT2D eigenvalue weighted by molar-refractivity contribution is -0.177. The number of nitriles is 1. The van der Waals surface area contributed by atoms with Crippen LogP contribution in [0.4, 0.5) is 13.2 Å². The minimum absolute atomic E-state index is 0.0229. The molecule has 1 aliphatic rings. The first-order chi connectivity index (χ1) is 10.2. The van der Waals surface area contributed by atoms with E-state index in [1.54, 1.807) is 0 Å². The van der Waals surface area contributed by atoms with E-state index in [4.69, 9.17) is 33.3 Å². The molecule has 0 fully saturated rings. The van der Waals surface area contributed by atoms with E-state index in [9.17, 15) is 13.2 Å². The fraction of sp³-hybridized carbons (Fsp3) is 0.308. The largest absolute Gasteiger partial charge is 0.416 e. The van der Waals surface area contributed by atoms with Crippen LogP contribution >= 0.6 is 23.2 Å². The lowest BCUT2D eigenvalue weighted by atomic mass is 10.1. The van der Waals surface area contributed by atoms with Crippen molar-refractivity contribution < 1.29 is 18.0 Å². The van der Waals surface area contributed by atoms with Crippen LogP contribution in [-0.2, 0) is 17.6 Å². The average molecular weight is 352 g/mol. The van der Waals surface area contributed by atoms with Crippen LogP contribution < -0.4 is 5.32 Å². The molecule has 1 atom stereocenters. The van der Waals surface area contributed by atoms with Gasteiger partial charge in [-0.15, -0.1) is 0 Å². The van der Waals surface area contributed by atoms with Gasteiger partial charge < -0.3 is 5.32 Å². The SMILES string of the molecule is CC1(C#N)NC(Cl)=C(Cl)N1OCc1cccc(C(F)(F)F)c1. The lowest BCUT2D eigenvalue weighted by Crippen LogP contribution is -2.48. The molecule has 1 aliphatic heterocycles. The minimum Gasteiger partial charge on any atom is -0.337 e. The van der Waals surface area contributed by atoms with Crippen LogP contribution in [-0.4, -0.2) is 10.7 Å². The molecule has 1 N–H and O–H groups in total. The van der Waals surface area contributed by atoms with E-state index >= 15 is 0 Å². The van der Waals surface area contributed by atoms with Gasteiger partial charge in [0.25, 0.3) is 0 Å². The summed E-state index contributed by atoms with van der Waals surface area (Å²) in [5.74, 6) is 0. The summed E-state index contributed by atoms with van der Waals surface area (Å²) in [6.45, 7) is 1.26. The third-order valence-electron chi connectivity index (χ3n) is 2.95. The van der Waals surface area contributed by atoms with E-state index in [0.29, 0.717) is 0 Å². The Morgan fingerprint density at radius 2 is 2.09 bits per heavy atom. The van der Waals surface area contributed by atoms with Gasteiger partial charge in [0, 0.05) is 0 Å². The van der Waals surface area contributed by atoms with Crippen molar-refractivity contribution in [1.82, 2.24) is 10.4 Å². The molecule has 22 heavy (non-hydrogen) atoms. The maximum absolute atomic E-state index is 12.6. The van der Waals surface area contributed by atoms with Crippen molar-refractivity contribution in [1.29, 1.82) is 5.26 Å². The zero-order chi connectivity index (χ0) is 16.5. The van der Waals surface area contributed by atoms with Crippen LogP contribution in [0, 0.1) is 11.3 Å². The van der Waals surface area contributed by atoms with Gasteiger partial charge in [0.2, 0.25) is 5.66 Å². The van der Waals surface area contributed by atoms with Crippen molar-refractivity contribution in [2.45, 2.75) is 25.4 Å². The molecule has 1 heterocycles. The van der Waals surface area contributed by atoms with Crippen LogP contribution in [0.3, 0.4) is 0 Å². The normalized spacial score (nSPS) is 21.8. The van der Waals surface area contributed by atoms with E-state index in [1.165, 1.54) is 19.1 Å². The highest BCUT2D eigenvalue weighted by Gasteiger charge is 2.42. The molecule has 0 aliphatic carbocycles. The molecule has 1 unspecified atom stereocenters. The standard InChI is InChI=1S/C13H10Cl2F3N3O/c1-12(7-19)20-10(14)11(15)21(12)22-6-8-3-2-4-9(5-8)13(16,17)18/h2-5,20H,6H2,1H3. The van der Waals surface area contributed by atoms with Gasteiger partial charge in [-0.2, -0.15) is 23.5 Å². The quantitative estimate of drug-likeness (QED) is 0.839. The molecule has 9 heteroatoms. The maximum atomic E-state index is 12.6. The molecule has 0 radical (unpaired) electrons. The molecule has 1 aromatic rings. The van der Waals surface area contributed by atoms with Crippen LogP contribution in [0.15, 0.2) is 34.6 Å². The first-order valence-corrected chi connectivity index (χ1v) is 6.77. The third kappa shape index (κ3) is 3.24. The van der Waals surface area contributed by atoms with Gasteiger partial charge in [0.1, 0.15) is 17.8 Å². The van der Waals surface area contributed by atoms with Crippen LogP contribution in [0.1, 0.15) is 18.1 Å². The number of nitrogens with one attached hydrogen (secondary N) is 1. The topological polar surface area (TPSA) is 48.3 Å². The van der Waals surface area contributed by atoms with E-state index in [2.05, 4.69) is 5.32 Å². The monoisotopic (exact) mass is 351 g/mol. The molecule has 0 bridgehead atoms. The lowest BCUT2D eigenvalue weighted by Gasteiger charge is -2.29. The van der Waals surface area contributed by atoms with Crippen molar-refractivity contribution in [3.63, 3.8) is 0 Å². The highest BCUT2D eigenvalue weighted by atomic mass is 35.5. The number of rotatable bonds is 3. The summed E-state index contributed by atoms with van der Waals surface area (Å²) < 4.78 is 37.9. The number of alkyl halides is 3.